The van der Waals surface area contributed by atoms with Gasteiger partial charge in [-0.15, -0.1) is 11.3 Å². The molecule has 0 aliphatic carbocycles. The SMILES string of the molecule is COC(=O)c1c(NC(=O)c2ccc(Cl)nc2NC2CCN(CCO)CC2)sc2c1CCNC2. The number of hydrogen-bond donors (Lipinski definition) is 4. The molecule has 2 aromatic rings. The zero-order chi connectivity index (χ0) is 23.4. The van der Waals surface area contributed by atoms with E-state index in [0.717, 1.165) is 42.9 Å². The maximum atomic E-state index is 13.3. The van der Waals surface area contributed by atoms with Crippen LogP contribution >= 0.6 is 22.9 Å². The number of esters is 1. The van der Waals surface area contributed by atoms with Crippen LogP contribution in [-0.2, 0) is 17.7 Å². The van der Waals surface area contributed by atoms with Crippen LogP contribution in [0.25, 0.3) is 0 Å². The van der Waals surface area contributed by atoms with Crippen molar-refractivity contribution < 1.29 is 19.4 Å². The predicted molar refractivity (Wildman–Crippen MR) is 128 cm³/mol. The molecule has 4 N–H and O–H groups in total. The molecule has 1 saturated heterocycles. The molecule has 0 aromatic carbocycles. The molecule has 1 amide bonds. The monoisotopic (exact) mass is 493 g/mol. The number of nitrogens with one attached hydrogen (secondary N) is 3. The number of likely N-dealkylation sites (tertiary alicyclic amines) is 1. The average Bonchev–Trinajstić information content (AvgIpc) is 3.18. The van der Waals surface area contributed by atoms with Crippen LogP contribution in [0.5, 0.6) is 0 Å². The maximum Gasteiger partial charge on any atom is 0.341 e. The number of fused-ring (bicyclic) bond motifs is 1. The first-order chi connectivity index (χ1) is 16.0. The van der Waals surface area contributed by atoms with Gasteiger partial charge in [0.25, 0.3) is 5.91 Å². The van der Waals surface area contributed by atoms with Gasteiger partial charge in [-0.1, -0.05) is 11.6 Å². The molecule has 9 nitrogen and oxygen atoms in total. The molecule has 33 heavy (non-hydrogen) atoms. The number of rotatable bonds is 7. The average molecular weight is 494 g/mol. The number of halogens is 1. The lowest BCUT2D eigenvalue weighted by molar-refractivity contribution is 0.0601. The number of amides is 1. The Morgan fingerprint density at radius 3 is 2.88 bits per heavy atom. The largest absolute Gasteiger partial charge is 0.465 e. The lowest BCUT2D eigenvalue weighted by Gasteiger charge is -2.32. The highest BCUT2D eigenvalue weighted by molar-refractivity contribution is 7.17. The van der Waals surface area contributed by atoms with E-state index in [1.807, 2.05) is 0 Å². The third kappa shape index (κ3) is 5.47. The van der Waals surface area contributed by atoms with Gasteiger partial charge in [0.15, 0.2) is 0 Å². The summed E-state index contributed by atoms with van der Waals surface area (Å²) in [5.74, 6) is -0.397. The van der Waals surface area contributed by atoms with Crippen molar-refractivity contribution in [1.82, 2.24) is 15.2 Å². The van der Waals surface area contributed by atoms with Crippen molar-refractivity contribution in [2.45, 2.75) is 31.8 Å². The lowest BCUT2D eigenvalue weighted by atomic mass is 10.0. The molecule has 0 atom stereocenters. The van der Waals surface area contributed by atoms with Crippen LogP contribution in [0.2, 0.25) is 5.15 Å². The number of ether oxygens (including phenoxy) is 1. The molecule has 0 spiro atoms. The van der Waals surface area contributed by atoms with Crippen molar-refractivity contribution in [3.05, 3.63) is 38.9 Å². The second kappa shape index (κ2) is 10.8. The molecule has 0 saturated carbocycles. The van der Waals surface area contributed by atoms with Gasteiger partial charge in [-0.25, -0.2) is 9.78 Å². The number of aromatic nitrogens is 1. The molecular weight excluding hydrogens is 466 g/mol. The van der Waals surface area contributed by atoms with Crippen LogP contribution in [0.3, 0.4) is 0 Å². The minimum absolute atomic E-state index is 0.142. The zero-order valence-corrected chi connectivity index (χ0v) is 20.0. The van der Waals surface area contributed by atoms with Crippen LogP contribution in [0.4, 0.5) is 10.8 Å². The van der Waals surface area contributed by atoms with Crippen LogP contribution in [0.1, 0.15) is 44.0 Å². The van der Waals surface area contributed by atoms with Crippen molar-refractivity contribution in [2.24, 2.45) is 0 Å². The summed E-state index contributed by atoms with van der Waals surface area (Å²) in [5, 5.41) is 19.5. The third-order valence-corrected chi connectivity index (χ3v) is 7.35. The highest BCUT2D eigenvalue weighted by Crippen LogP contribution is 2.36. The van der Waals surface area contributed by atoms with Gasteiger partial charge in [0.1, 0.15) is 16.0 Å². The Labute approximate surface area is 201 Å². The number of aliphatic hydroxyl groups is 1. The summed E-state index contributed by atoms with van der Waals surface area (Å²) >= 11 is 7.52. The summed E-state index contributed by atoms with van der Waals surface area (Å²) in [5.41, 5.74) is 1.72. The van der Waals surface area contributed by atoms with Crippen molar-refractivity contribution >= 4 is 45.6 Å². The topological polar surface area (TPSA) is 116 Å². The summed E-state index contributed by atoms with van der Waals surface area (Å²) in [6, 6.07) is 3.36. The van der Waals surface area contributed by atoms with Crippen molar-refractivity contribution in [3.8, 4) is 0 Å². The molecule has 4 heterocycles. The molecule has 1 fully saturated rings. The maximum absolute atomic E-state index is 13.3. The Bertz CT molecular complexity index is 1020. The minimum Gasteiger partial charge on any atom is -0.465 e. The number of thiophene rings is 1. The van der Waals surface area contributed by atoms with Gasteiger partial charge in [0, 0.05) is 37.1 Å². The number of β-amino-alcohol motifs (C(OH)–C–C–N with tert-alkyl or cyclic N) is 1. The molecule has 0 bridgehead atoms. The molecule has 0 unspecified atom stereocenters. The molecule has 4 rings (SSSR count). The van der Waals surface area contributed by atoms with Gasteiger partial charge in [-0.2, -0.15) is 0 Å². The van der Waals surface area contributed by atoms with Gasteiger partial charge < -0.3 is 30.7 Å². The van der Waals surface area contributed by atoms with E-state index >= 15 is 0 Å². The summed E-state index contributed by atoms with van der Waals surface area (Å²) in [6.07, 6.45) is 2.44. The molecule has 2 aliphatic heterocycles. The van der Waals surface area contributed by atoms with E-state index in [1.165, 1.54) is 18.4 Å². The highest BCUT2D eigenvalue weighted by Gasteiger charge is 2.28. The van der Waals surface area contributed by atoms with Gasteiger partial charge in [0.05, 0.1) is 24.8 Å². The fourth-order valence-corrected chi connectivity index (χ4v) is 5.62. The fourth-order valence-electron chi connectivity index (χ4n) is 4.28. The molecular formula is C22H28ClN5O4S. The molecule has 2 aliphatic rings. The van der Waals surface area contributed by atoms with Crippen molar-refractivity contribution in [3.63, 3.8) is 0 Å². The minimum atomic E-state index is -0.452. The summed E-state index contributed by atoms with van der Waals surface area (Å²) in [4.78, 5) is 33.4. The second-order valence-corrected chi connectivity index (χ2v) is 9.59. The first-order valence-corrected chi connectivity index (χ1v) is 12.2. The Hall–Kier alpha value is -2.24. The molecule has 178 valence electrons. The molecule has 2 aromatic heterocycles. The molecule has 11 heteroatoms. The van der Waals surface area contributed by atoms with E-state index in [4.69, 9.17) is 21.4 Å². The first-order valence-electron chi connectivity index (χ1n) is 11.0. The first kappa shape index (κ1) is 23.9. The zero-order valence-electron chi connectivity index (χ0n) is 18.4. The smallest absolute Gasteiger partial charge is 0.341 e. The fraction of sp³-hybridized carbons (Fsp3) is 0.500. The van der Waals surface area contributed by atoms with Gasteiger partial charge >= 0.3 is 5.97 Å². The number of aliphatic hydroxyl groups excluding tert-OH is 1. The van der Waals surface area contributed by atoms with E-state index in [-0.39, 0.29) is 18.6 Å². The van der Waals surface area contributed by atoms with Gasteiger partial charge in [-0.05, 0) is 43.5 Å². The number of carbonyl (C=O) groups is 2. The van der Waals surface area contributed by atoms with E-state index in [1.54, 1.807) is 12.1 Å². The number of hydrogen-bond acceptors (Lipinski definition) is 9. The Morgan fingerprint density at radius 1 is 1.36 bits per heavy atom. The summed E-state index contributed by atoms with van der Waals surface area (Å²) in [6.45, 7) is 3.96. The third-order valence-electron chi connectivity index (χ3n) is 6.00. The molecule has 0 radical (unpaired) electrons. The standard InChI is InChI=1S/C22H28ClN5O4S/c1-32-22(31)18-14-4-7-24-12-16(14)33-21(18)27-20(30)15-2-3-17(23)26-19(15)25-13-5-8-28(9-6-13)10-11-29/h2-3,13,24,29H,4-12H2,1H3,(H,25,26)(H,27,30). The van der Waals surface area contributed by atoms with Crippen molar-refractivity contribution in [1.29, 1.82) is 0 Å². The van der Waals surface area contributed by atoms with E-state index < -0.39 is 5.97 Å². The number of carbonyl (C=O) groups excluding carboxylic acids is 2. The Balaban J connectivity index is 1.54. The van der Waals surface area contributed by atoms with Gasteiger partial charge in [0.2, 0.25) is 0 Å². The van der Waals surface area contributed by atoms with Crippen LogP contribution in [-0.4, -0.2) is 72.8 Å². The van der Waals surface area contributed by atoms with Crippen LogP contribution in [0.15, 0.2) is 12.1 Å². The quantitative estimate of drug-likeness (QED) is 0.343. The normalized spacial score (nSPS) is 16.8. The lowest BCUT2D eigenvalue weighted by Crippen LogP contribution is -2.40. The van der Waals surface area contributed by atoms with Crippen LogP contribution in [0, 0.1) is 0 Å². The summed E-state index contributed by atoms with van der Waals surface area (Å²) < 4.78 is 4.99. The van der Waals surface area contributed by atoms with E-state index in [9.17, 15) is 9.59 Å². The van der Waals surface area contributed by atoms with Gasteiger partial charge in [-0.3, -0.25) is 4.79 Å². The number of pyridine rings is 1. The highest BCUT2D eigenvalue weighted by atomic mass is 35.5. The second-order valence-electron chi connectivity index (χ2n) is 8.09. The Morgan fingerprint density at radius 2 is 2.15 bits per heavy atom. The van der Waals surface area contributed by atoms with Crippen LogP contribution < -0.4 is 16.0 Å². The number of methoxy groups -OCH3 is 1. The van der Waals surface area contributed by atoms with Crippen molar-refractivity contribution in [2.75, 3.05) is 50.5 Å². The van der Waals surface area contributed by atoms with E-state index in [2.05, 4.69) is 25.8 Å². The predicted octanol–water partition coefficient (Wildman–Crippen LogP) is 2.35. The Kier molecular flexibility index (Phi) is 7.82. The number of anilines is 2. The number of nitrogens with zero attached hydrogens (tertiary/aromatic N) is 2. The van der Waals surface area contributed by atoms with E-state index in [0.29, 0.717) is 46.6 Å². The summed E-state index contributed by atoms with van der Waals surface area (Å²) in [7, 11) is 1.34. The number of piperidine rings is 1.